The number of aromatic nitrogens is 2. The molecule has 0 bridgehead atoms. The molecule has 0 aliphatic heterocycles. The summed E-state index contributed by atoms with van der Waals surface area (Å²) in [5.74, 6) is 0.0915. The molecule has 160 valence electrons. The van der Waals surface area contributed by atoms with Crippen molar-refractivity contribution in [1.29, 1.82) is 0 Å². The topological polar surface area (TPSA) is 64.0 Å². The first-order valence-corrected chi connectivity index (χ1v) is 11.3. The van der Waals surface area contributed by atoms with Gasteiger partial charge in [-0.3, -0.25) is 14.2 Å². The van der Waals surface area contributed by atoms with E-state index in [4.69, 9.17) is 11.6 Å². The smallest absolute Gasteiger partial charge is 0.251 e. The van der Waals surface area contributed by atoms with Crippen molar-refractivity contribution in [2.24, 2.45) is 0 Å². The van der Waals surface area contributed by atoms with Gasteiger partial charge in [-0.1, -0.05) is 59.8 Å². The number of benzene rings is 3. The van der Waals surface area contributed by atoms with Crippen LogP contribution >= 0.6 is 23.4 Å². The molecule has 4 rings (SSSR count). The number of halogens is 1. The molecule has 1 aromatic heterocycles. The summed E-state index contributed by atoms with van der Waals surface area (Å²) in [5, 5.41) is 4.21. The van der Waals surface area contributed by atoms with E-state index in [1.165, 1.54) is 11.8 Å². The van der Waals surface area contributed by atoms with Crippen molar-refractivity contribution in [2.75, 3.05) is 5.75 Å². The maximum atomic E-state index is 12.6. The molecule has 7 heteroatoms. The second-order valence-corrected chi connectivity index (χ2v) is 8.40. The normalized spacial score (nSPS) is 10.7. The summed E-state index contributed by atoms with van der Waals surface area (Å²) in [6.45, 7) is 0.461. The molecular formula is C25H20ClN3O2S. The number of nitrogens with one attached hydrogen (secondary N) is 1. The zero-order chi connectivity index (χ0) is 22.3. The fourth-order valence-electron chi connectivity index (χ4n) is 3.12. The lowest BCUT2D eigenvalue weighted by Crippen LogP contribution is -2.22. The number of carbonyl (C=O) groups excluding carboxylic acids is 2. The van der Waals surface area contributed by atoms with Crippen LogP contribution in [0.5, 0.6) is 0 Å². The van der Waals surface area contributed by atoms with E-state index in [0.717, 1.165) is 11.3 Å². The third kappa shape index (κ3) is 5.46. The molecule has 0 atom stereocenters. The Hall–Kier alpha value is -3.35. The molecule has 1 N–H and O–H groups in total. The number of hydrogen-bond acceptors (Lipinski definition) is 4. The standard InChI is InChI=1S/C25H20ClN3O2S/c26-21-11-9-19(10-12-21)23(30)17-32-25-27-13-14-29(25)22-8-4-7-20(15-22)24(31)28-16-18-5-2-1-3-6-18/h1-15H,16-17H2,(H,28,31). The Morgan fingerprint density at radius 3 is 2.50 bits per heavy atom. The van der Waals surface area contributed by atoms with E-state index >= 15 is 0 Å². The summed E-state index contributed by atoms with van der Waals surface area (Å²) in [6, 6.07) is 23.9. The molecular weight excluding hydrogens is 442 g/mol. The van der Waals surface area contributed by atoms with Gasteiger partial charge in [-0.05, 0) is 48.0 Å². The van der Waals surface area contributed by atoms with Crippen molar-refractivity contribution in [1.82, 2.24) is 14.9 Å². The van der Waals surface area contributed by atoms with Gasteiger partial charge in [0.2, 0.25) is 0 Å². The summed E-state index contributed by atoms with van der Waals surface area (Å²) < 4.78 is 1.87. The van der Waals surface area contributed by atoms with Crippen LogP contribution in [0.2, 0.25) is 5.02 Å². The van der Waals surface area contributed by atoms with Gasteiger partial charge in [0, 0.05) is 40.8 Å². The van der Waals surface area contributed by atoms with Crippen LogP contribution in [0, 0.1) is 0 Å². The molecule has 0 fully saturated rings. The van der Waals surface area contributed by atoms with Gasteiger partial charge in [-0.25, -0.2) is 4.98 Å². The predicted molar refractivity (Wildman–Crippen MR) is 128 cm³/mol. The average Bonchev–Trinajstić information content (AvgIpc) is 3.31. The molecule has 0 spiro atoms. The van der Waals surface area contributed by atoms with E-state index in [-0.39, 0.29) is 17.4 Å². The number of carbonyl (C=O) groups is 2. The van der Waals surface area contributed by atoms with Crippen LogP contribution in [0.15, 0.2) is 96.4 Å². The number of thioether (sulfide) groups is 1. The van der Waals surface area contributed by atoms with E-state index in [1.807, 2.05) is 59.3 Å². The Morgan fingerprint density at radius 2 is 1.72 bits per heavy atom. The van der Waals surface area contributed by atoms with Gasteiger partial charge in [-0.15, -0.1) is 0 Å². The molecule has 3 aromatic carbocycles. The predicted octanol–water partition coefficient (Wildman–Crippen LogP) is 5.43. The third-order valence-corrected chi connectivity index (χ3v) is 6.01. The largest absolute Gasteiger partial charge is 0.348 e. The van der Waals surface area contributed by atoms with Gasteiger partial charge in [0.1, 0.15) is 0 Å². The highest BCUT2D eigenvalue weighted by Gasteiger charge is 2.13. The van der Waals surface area contributed by atoms with Crippen molar-refractivity contribution in [3.63, 3.8) is 0 Å². The number of Topliss-reactive ketones (excluding diaryl/α,β-unsaturated/α-hetero) is 1. The van der Waals surface area contributed by atoms with E-state index in [9.17, 15) is 9.59 Å². The highest BCUT2D eigenvalue weighted by molar-refractivity contribution is 7.99. The summed E-state index contributed by atoms with van der Waals surface area (Å²) in [4.78, 5) is 29.5. The van der Waals surface area contributed by atoms with Crippen molar-refractivity contribution >= 4 is 35.1 Å². The van der Waals surface area contributed by atoms with Crippen molar-refractivity contribution < 1.29 is 9.59 Å². The first kappa shape index (κ1) is 21.9. The number of nitrogens with zero attached hydrogens (tertiary/aromatic N) is 2. The Bertz CT molecular complexity index is 1220. The Morgan fingerprint density at radius 1 is 0.938 bits per heavy atom. The highest BCUT2D eigenvalue weighted by atomic mass is 35.5. The Kier molecular flexibility index (Phi) is 7.04. The van der Waals surface area contributed by atoms with Crippen LogP contribution in [-0.2, 0) is 6.54 Å². The molecule has 1 heterocycles. The fourth-order valence-corrected chi connectivity index (χ4v) is 4.11. The summed E-state index contributed by atoms with van der Waals surface area (Å²) in [5.41, 5.74) is 3.00. The van der Waals surface area contributed by atoms with E-state index < -0.39 is 0 Å². The number of amides is 1. The second-order valence-electron chi connectivity index (χ2n) is 7.02. The quantitative estimate of drug-likeness (QED) is 0.280. The lowest BCUT2D eigenvalue weighted by Gasteiger charge is -2.10. The van der Waals surface area contributed by atoms with Crippen molar-refractivity contribution in [2.45, 2.75) is 11.7 Å². The van der Waals surface area contributed by atoms with Gasteiger partial charge >= 0.3 is 0 Å². The molecule has 1 amide bonds. The Balaban J connectivity index is 1.43. The zero-order valence-corrected chi connectivity index (χ0v) is 18.6. The zero-order valence-electron chi connectivity index (χ0n) is 17.1. The minimum absolute atomic E-state index is 0.00439. The van der Waals surface area contributed by atoms with Gasteiger partial charge < -0.3 is 5.32 Å². The van der Waals surface area contributed by atoms with Crippen LogP contribution in [0.3, 0.4) is 0 Å². The number of hydrogen-bond donors (Lipinski definition) is 1. The van der Waals surface area contributed by atoms with Crippen LogP contribution in [0.4, 0.5) is 0 Å². The van der Waals surface area contributed by atoms with Crippen LogP contribution in [-0.4, -0.2) is 27.0 Å². The number of ketones is 1. The average molecular weight is 462 g/mol. The van der Waals surface area contributed by atoms with Gasteiger partial charge in [0.05, 0.1) is 5.75 Å². The molecule has 5 nitrogen and oxygen atoms in total. The van der Waals surface area contributed by atoms with Gasteiger partial charge in [-0.2, -0.15) is 0 Å². The second kappa shape index (κ2) is 10.3. The molecule has 0 saturated carbocycles. The maximum Gasteiger partial charge on any atom is 0.251 e. The Labute approximate surface area is 195 Å². The summed E-state index contributed by atoms with van der Waals surface area (Å²) in [7, 11) is 0. The van der Waals surface area contributed by atoms with E-state index in [1.54, 1.807) is 36.5 Å². The van der Waals surface area contributed by atoms with Gasteiger partial charge in [0.15, 0.2) is 10.9 Å². The fraction of sp³-hybridized carbons (Fsp3) is 0.0800. The van der Waals surface area contributed by atoms with Gasteiger partial charge in [0.25, 0.3) is 5.91 Å². The number of imidazole rings is 1. The number of rotatable bonds is 8. The molecule has 0 radical (unpaired) electrons. The molecule has 32 heavy (non-hydrogen) atoms. The summed E-state index contributed by atoms with van der Waals surface area (Å²) in [6.07, 6.45) is 3.49. The maximum absolute atomic E-state index is 12.6. The molecule has 0 aliphatic carbocycles. The van der Waals surface area contributed by atoms with Crippen molar-refractivity contribution in [3.05, 3.63) is 113 Å². The van der Waals surface area contributed by atoms with Crippen LogP contribution in [0.1, 0.15) is 26.3 Å². The van der Waals surface area contributed by atoms with Crippen LogP contribution < -0.4 is 5.32 Å². The van der Waals surface area contributed by atoms with Crippen molar-refractivity contribution in [3.8, 4) is 5.69 Å². The van der Waals surface area contributed by atoms with Crippen LogP contribution in [0.25, 0.3) is 5.69 Å². The third-order valence-electron chi connectivity index (χ3n) is 4.79. The first-order chi connectivity index (χ1) is 15.6. The molecule has 4 aromatic rings. The summed E-state index contributed by atoms with van der Waals surface area (Å²) >= 11 is 7.24. The van der Waals surface area contributed by atoms with E-state index in [0.29, 0.717) is 27.9 Å². The SMILES string of the molecule is O=C(CSc1nccn1-c1cccc(C(=O)NCc2ccccc2)c1)c1ccc(Cl)cc1. The molecule has 0 saturated heterocycles. The van der Waals surface area contributed by atoms with E-state index in [2.05, 4.69) is 10.3 Å². The molecule has 0 unspecified atom stereocenters. The first-order valence-electron chi connectivity index (χ1n) is 9.97. The minimum Gasteiger partial charge on any atom is -0.348 e. The minimum atomic E-state index is -0.150. The lowest BCUT2D eigenvalue weighted by molar-refractivity contribution is 0.0950. The molecule has 0 aliphatic rings. The monoisotopic (exact) mass is 461 g/mol. The lowest BCUT2D eigenvalue weighted by atomic mass is 10.1. The highest BCUT2D eigenvalue weighted by Crippen LogP contribution is 2.22.